The van der Waals surface area contributed by atoms with Gasteiger partial charge in [-0.15, -0.1) is 0 Å². The van der Waals surface area contributed by atoms with Crippen LogP contribution in [-0.4, -0.2) is 7.05 Å². The molecular formula is C16H18FNO. The zero-order valence-electron chi connectivity index (χ0n) is 11.2. The van der Waals surface area contributed by atoms with E-state index in [1.54, 1.807) is 6.07 Å². The summed E-state index contributed by atoms with van der Waals surface area (Å²) >= 11 is 0. The van der Waals surface area contributed by atoms with Gasteiger partial charge in [-0.2, -0.15) is 0 Å². The quantitative estimate of drug-likeness (QED) is 0.884. The molecule has 0 spiro atoms. The highest BCUT2D eigenvalue weighted by molar-refractivity contribution is 5.31. The van der Waals surface area contributed by atoms with Crippen LogP contribution in [0.2, 0.25) is 0 Å². The molecule has 0 bridgehead atoms. The smallest absolute Gasteiger partial charge is 0.165 e. The molecule has 0 fully saturated rings. The number of rotatable bonds is 5. The van der Waals surface area contributed by atoms with E-state index in [9.17, 15) is 4.39 Å². The summed E-state index contributed by atoms with van der Waals surface area (Å²) in [6.07, 6.45) is 0. The van der Waals surface area contributed by atoms with Crippen molar-refractivity contribution in [1.29, 1.82) is 0 Å². The van der Waals surface area contributed by atoms with Gasteiger partial charge in [0.2, 0.25) is 0 Å². The van der Waals surface area contributed by atoms with Crippen molar-refractivity contribution < 1.29 is 9.13 Å². The number of ether oxygens (including phenoxy) is 1. The first-order valence-corrected chi connectivity index (χ1v) is 6.34. The molecule has 3 heteroatoms. The average molecular weight is 259 g/mol. The summed E-state index contributed by atoms with van der Waals surface area (Å²) < 4.78 is 19.4. The minimum Gasteiger partial charge on any atom is -0.486 e. The van der Waals surface area contributed by atoms with Crippen LogP contribution in [0.4, 0.5) is 4.39 Å². The summed E-state index contributed by atoms with van der Waals surface area (Å²) in [6, 6.07) is 14.9. The summed E-state index contributed by atoms with van der Waals surface area (Å²) in [4.78, 5) is 0. The van der Waals surface area contributed by atoms with E-state index in [1.807, 2.05) is 50.4 Å². The SMILES string of the molecule is CN[C@H](C)c1ccc(OCc2ccccc2)c(F)c1. The molecule has 0 heterocycles. The van der Waals surface area contributed by atoms with Crippen LogP contribution in [0.25, 0.3) is 0 Å². The standard InChI is InChI=1S/C16H18FNO/c1-12(18-2)14-8-9-16(15(17)10-14)19-11-13-6-4-3-5-7-13/h3-10,12,18H,11H2,1-2H3/t12-/m1/s1. The molecule has 19 heavy (non-hydrogen) atoms. The van der Waals surface area contributed by atoms with E-state index in [4.69, 9.17) is 4.74 Å². The van der Waals surface area contributed by atoms with Gasteiger partial charge < -0.3 is 10.1 Å². The molecule has 0 radical (unpaired) electrons. The second-order valence-corrected chi connectivity index (χ2v) is 4.47. The Hall–Kier alpha value is -1.87. The summed E-state index contributed by atoms with van der Waals surface area (Å²) in [6.45, 7) is 2.36. The van der Waals surface area contributed by atoms with Crippen LogP contribution in [-0.2, 0) is 6.61 Å². The van der Waals surface area contributed by atoms with Gasteiger partial charge in [-0.05, 0) is 37.2 Å². The number of hydrogen-bond acceptors (Lipinski definition) is 2. The lowest BCUT2D eigenvalue weighted by Crippen LogP contribution is -2.12. The Kier molecular flexibility index (Phi) is 4.53. The minimum atomic E-state index is -0.324. The van der Waals surface area contributed by atoms with Gasteiger partial charge in [-0.3, -0.25) is 0 Å². The van der Waals surface area contributed by atoms with Crippen molar-refractivity contribution in [1.82, 2.24) is 5.32 Å². The molecular weight excluding hydrogens is 241 g/mol. The molecule has 0 aliphatic rings. The average Bonchev–Trinajstić information content (AvgIpc) is 2.46. The summed E-state index contributed by atoms with van der Waals surface area (Å²) in [5.41, 5.74) is 1.93. The van der Waals surface area contributed by atoms with Gasteiger partial charge in [0.25, 0.3) is 0 Å². The van der Waals surface area contributed by atoms with E-state index in [1.165, 1.54) is 6.07 Å². The number of hydrogen-bond donors (Lipinski definition) is 1. The summed E-state index contributed by atoms with van der Waals surface area (Å²) in [7, 11) is 1.85. The molecule has 2 rings (SSSR count). The van der Waals surface area contributed by atoms with Crippen LogP contribution in [0, 0.1) is 5.82 Å². The Morgan fingerprint density at radius 2 is 1.89 bits per heavy atom. The molecule has 2 aromatic carbocycles. The largest absolute Gasteiger partial charge is 0.486 e. The number of benzene rings is 2. The number of nitrogens with one attached hydrogen (secondary N) is 1. The van der Waals surface area contributed by atoms with Crippen molar-refractivity contribution in [3.63, 3.8) is 0 Å². The molecule has 0 saturated carbocycles. The predicted octanol–water partition coefficient (Wildman–Crippen LogP) is 3.69. The molecule has 0 unspecified atom stereocenters. The van der Waals surface area contributed by atoms with Crippen molar-refractivity contribution >= 4 is 0 Å². The molecule has 2 nitrogen and oxygen atoms in total. The molecule has 2 aromatic rings. The Morgan fingerprint density at radius 1 is 1.16 bits per heavy atom. The lowest BCUT2D eigenvalue weighted by Gasteiger charge is -2.13. The maximum absolute atomic E-state index is 13.9. The molecule has 0 saturated heterocycles. The maximum atomic E-state index is 13.9. The van der Waals surface area contributed by atoms with E-state index in [-0.39, 0.29) is 17.6 Å². The number of halogens is 1. The first kappa shape index (κ1) is 13.6. The molecule has 0 aliphatic carbocycles. The van der Waals surface area contributed by atoms with Crippen molar-refractivity contribution in [2.45, 2.75) is 19.6 Å². The third-order valence-electron chi connectivity index (χ3n) is 3.13. The topological polar surface area (TPSA) is 21.3 Å². The highest BCUT2D eigenvalue weighted by Crippen LogP contribution is 2.22. The first-order chi connectivity index (χ1) is 9.20. The van der Waals surface area contributed by atoms with Gasteiger partial charge >= 0.3 is 0 Å². The minimum absolute atomic E-state index is 0.123. The molecule has 1 N–H and O–H groups in total. The van der Waals surface area contributed by atoms with E-state index >= 15 is 0 Å². The van der Waals surface area contributed by atoms with Gasteiger partial charge in [0, 0.05) is 6.04 Å². The van der Waals surface area contributed by atoms with Crippen LogP contribution in [0.3, 0.4) is 0 Å². The second kappa shape index (κ2) is 6.34. The zero-order valence-corrected chi connectivity index (χ0v) is 11.2. The summed E-state index contributed by atoms with van der Waals surface area (Å²) in [5.74, 6) is -0.0357. The molecule has 100 valence electrons. The highest BCUT2D eigenvalue weighted by atomic mass is 19.1. The van der Waals surface area contributed by atoms with Crippen LogP contribution in [0.5, 0.6) is 5.75 Å². The Morgan fingerprint density at radius 3 is 2.53 bits per heavy atom. The highest BCUT2D eigenvalue weighted by Gasteiger charge is 2.08. The fraction of sp³-hybridized carbons (Fsp3) is 0.250. The van der Waals surface area contributed by atoms with Crippen molar-refractivity contribution in [3.8, 4) is 5.75 Å². The fourth-order valence-corrected chi connectivity index (χ4v) is 1.81. The Bertz CT molecular complexity index is 528. The summed E-state index contributed by atoms with van der Waals surface area (Å²) in [5, 5.41) is 3.08. The van der Waals surface area contributed by atoms with Crippen LogP contribution >= 0.6 is 0 Å². The van der Waals surface area contributed by atoms with Gasteiger partial charge in [0.05, 0.1) is 0 Å². The van der Waals surface area contributed by atoms with Gasteiger partial charge in [-0.25, -0.2) is 4.39 Å². The molecule has 0 amide bonds. The van der Waals surface area contributed by atoms with Gasteiger partial charge in [0.15, 0.2) is 11.6 Å². The van der Waals surface area contributed by atoms with Crippen LogP contribution in [0.15, 0.2) is 48.5 Å². The Labute approximate surface area is 113 Å². The third kappa shape index (κ3) is 3.55. The maximum Gasteiger partial charge on any atom is 0.165 e. The van der Waals surface area contributed by atoms with Crippen LogP contribution < -0.4 is 10.1 Å². The fourth-order valence-electron chi connectivity index (χ4n) is 1.81. The lowest BCUT2D eigenvalue weighted by atomic mass is 10.1. The van der Waals surface area contributed by atoms with Crippen molar-refractivity contribution in [2.75, 3.05) is 7.05 Å². The van der Waals surface area contributed by atoms with E-state index in [2.05, 4.69) is 5.32 Å². The Balaban J connectivity index is 2.05. The predicted molar refractivity (Wildman–Crippen MR) is 74.6 cm³/mol. The molecule has 1 atom stereocenters. The zero-order chi connectivity index (χ0) is 13.7. The third-order valence-corrected chi connectivity index (χ3v) is 3.13. The molecule has 0 aliphatic heterocycles. The lowest BCUT2D eigenvalue weighted by molar-refractivity contribution is 0.290. The first-order valence-electron chi connectivity index (χ1n) is 6.34. The van der Waals surface area contributed by atoms with Crippen molar-refractivity contribution in [3.05, 3.63) is 65.5 Å². The van der Waals surface area contributed by atoms with Gasteiger partial charge in [-0.1, -0.05) is 36.4 Å². The van der Waals surface area contributed by atoms with Gasteiger partial charge in [0.1, 0.15) is 6.61 Å². The van der Waals surface area contributed by atoms with E-state index < -0.39 is 0 Å². The monoisotopic (exact) mass is 259 g/mol. The normalized spacial score (nSPS) is 12.2. The molecule has 0 aromatic heterocycles. The van der Waals surface area contributed by atoms with Crippen LogP contribution in [0.1, 0.15) is 24.1 Å². The van der Waals surface area contributed by atoms with E-state index in [0.29, 0.717) is 6.61 Å². The van der Waals surface area contributed by atoms with Crippen molar-refractivity contribution in [2.24, 2.45) is 0 Å². The second-order valence-electron chi connectivity index (χ2n) is 4.47. The van der Waals surface area contributed by atoms with E-state index in [0.717, 1.165) is 11.1 Å².